The third-order valence-corrected chi connectivity index (χ3v) is 4.47. The first-order valence-electron chi connectivity index (χ1n) is 7.31. The molecule has 1 saturated heterocycles. The minimum absolute atomic E-state index is 0.118. The predicted octanol–water partition coefficient (Wildman–Crippen LogP) is 4.43. The van der Waals surface area contributed by atoms with E-state index in [4.69, 9.17) is 4.52 Å². The van der Waals surface area contributed by atoms with E-state index in [2.05, 4.69) is 51.7 Å². The van der Waals surface area contributed by atoms with Crippen molar-refractivity contribution in [1.29, 1.82) is 0 Å². The fraction of sp³-hybridized carbons (Fsp3) is 0.500. The van der Waals surface area contributed by atoms with E-state index in [9.17, 15) is 0 Å². The average molecular weight is 350 g/mol. The highest BCUT2D eigenvalue weighted by atomic mass is 79.9. The third-order valence-electron chi connectivity index (χ3n) is 3.94. The molecule has 2 heterocycles. The highest BCUT2D eigenvalue weighted by Crippen LogP contribution is 2.37. The van der Waals surface area contributed by atoms with Crippen LogP contribution in [0.1, 0.15) is 45.5 Å². The second kappa shape index (κ2) is 5.54. The monoisotopic (exact) mass is 349 g/mol. The Bertz CT molecular complexity index is 615. The summed E-state index contributed by atoms with van der Waals surface area (Å²) in [6.07, 6.45) is 2.26. The van der Waals surface area contributed by atoms with Gasteiger partial charge in [0.2, 0.25) is 11.7 Å². The Morgan fingerprint density at radius 1 is 1.24 bits per heavy atom. The van der Waals surface area contributed by atoms with E-state index < -0.39 is 0 Å². The van der Waals surface area contributed by atoms with Gasteiger partial charge in [0.25, 0.3) is 0 Å². The Balaban J connectivity index is 1.86. The highest BCUT2D eigenvalue weighted by molar-refractivity contribution is 9.10. The maximum absolute atomic E-state index is 5.54. The number of benzene rings is 1. The normalized spacial score (nSPS) is 20.1. The SMILES string of the molecule is CC(C)(C)N1CCC[C@H]1c1nc(-c2ccc(Br)cc2)no1. The second-order valence-corrected chi connectivity index (χ2v) is 7.40. The molecule has 0 spiro atoms. The van der Waals surface area contributed by atoms with Crippen molar-refractivity contribution in [2.75, 3.05) is 6.54 Å². The van der Waals surface area contributed by atoms with Gasteiger partial charge >= 0.3 is 0 Å². The molecule has 0 saturated carbocycles. The first-order valence-corrected chi connectivity index (χ1v) is 8.11. The van der Waals surface area contributed by atoms with Crippen molar-refractivity contribution in [3.63, 3.8) is 0 Å². The summed E-state index contributed by atoms with van der Waals surface area (Å²) in [7, 11) is 0. The van der Waals surface area contributed by atoms with Crippen LogP contribution in [0, 0.1) is 0 Å². The third kappa shape index (κ3) is 3.04. The molecule has 2 aromatic rings. The quantitative estimate of drug-likeness (QED) is 0.803. The van der Waals surface area contributed by atoms with Crippen LogP contribution < -0.4 is 0 Å². The molecule has 0 aliphatic carbocycles. The van der Waals surface area contributed by atoms with Crippen LogP contribution in [0.15, 0.2) is 33.3 Å². The molecule has 4 nitrogen and oxygen atoms in total. The van der Waals surface area contributed by atoms with Crippen molar-refractivity contribution < 1.29 is 4.52 Å². The van der Waals surface area contributed by atoms with Gasteiger partial charge in [0.15, 0.2) is 0 Å². The van der Waals surface area contributed by atoms with Crippen LogP contribution in [0.25, 0.3) is 11.4 Å². The molecule has 0 radical (unpaired) electrons. The first-order chi connectivity index (χ1) is 9.95. The van der Waals surface area contributed by atoms with Crippen molar-refractivity contribution in [1.82, 2.24) is 15.0 Å². The van der Waals surface area contributed by atoms with Gasteiger partial charge in [-0.15, -0.1) is 0 Å². The van der Waals surface area contributed by atoms with E-state index in [1.54, 1.807) is 0 Å². The number of likely N-dealkylation sites (tertiary alicyclic amines) is 1. The van der Waals surface area contributed by atoms with Crippen molar-refractivity contribution in [2.24, 2.45) is 0 Å². The zero-order valence-corrected chi connectivity index (χ0v) is 14.2. The van der Waals surface area contributed by atoms with Gasteiger partial charge in [-0.2, -0.15) is 4.98 Å². The summed E-state index contributed by atoms with van der Waals surface area (Å²) in [5.41, 5.74) is 1.10. The standard InChI is InChI=1S/C16H20BrN3O/c1-16(2,3)20-10-4-5-13(20)15-18-14(19-21-15)11-6-8-12(17)9-7-11/h6-9,13H,4-5,10H2,1-3H3/t13-/m0/s1. The predicted molar refractivity (Wildman–Crippen MR) is 85.9 cm³/mol. The van der Waals surface area contributed by atoms with Gasteiger partial charge in [-0.05, 0) is 64.4 Å². The van der Waals surface area contributed by atoms with E-state index >= 15 is 0 Å². The Kier molecular flexibility index (Phi) is 3.88. The molecule has 1 atom stereocenters. The lowest BCUT2D eigenvalue weighted by Crippen LogP contribution is -2.40. The summed E-state index contributed by atoms with van der Waals surface area (Å²) in [6.45, 7) is 7.79. The van der Waals surface area contributed by atoms with Crippen molar-refractivity contribution in [3.8, 4) is 11.4 Å². The van der Waals surface area contributed by atoms with E-state index in [0.29, 0.717) is 5.82 Å². The first kappa shape index (κ1) is 14.7. The fourth-order valence-corrected chi connectivity index (χ4v) is 3.18. The molecular formula is C16H20BrN3O. The summed E-state index contributed by atoms with van der Waals surface area (Å²) in [5, 5.41) is 4.15. The molecule has 21 heavy (non-hydrogen) atoms. The van der Waals surface area contributed by atoms with E-state index in [1.165, 1.54) is 6.42 Å². The van der Waals surface area contributed by atoms with Gasteiger partial charge in [0.05, 0.1) is 6.04 Å². The van der Waals surface area contributed by atoms with Crippen molar-refractivity contribution >= 4 is 15.9 Å². The number of aromatic nitrogens is 2. The van der Waals surface area contributed by atoms with E-state index in [-0.39, 0.29) is 11.6 Å². The van der Waals surface area contributed by atoms with E-state index in [0.717, 1.165) is 28.9 Å². The van der Waals surface area contributed by atoms with Crippen LogP contribution in [-0.4, -0.2) is 27.1 Å². The van der Waals surface area contributed by atoms with Crippen LogP contribution in [0.5, 0.6) is 0 Å². The number of halogens is 1. The Morgan fingerprint density at radius 3 is 2.62 bits per heavy atom. The lowest BCUT2D eigenvalue weighted by atomic mass is 10.0. The Morgan fingerprint density at radius 2 is 1.95 bits per heavy atom. The molecule has 5 heteroatoms. The number of hydrogen-bond donors (Lipinski definition) is 0. The van der Waals surface area contributed by atoms with Crippen molar-refractivity contribution in [2.45, 2.75) is 45.2 Å². The van der Waals surface area contributed by atoms with Crippen LogP contribution in [0.4, 0.5) is 0 Å². The van der Waals surface area contributed by atoms with Gasteiger partial charge in [0.1, 0.15) is 0 Å². The summed E-state index contributed by atoms with van der Waals surface area (Å²) in [6, 6.07) is 8.20. The summed E-state index contributed by atoms with van der Waals surface area (Å²) < 4.78 is 6.59. The molecule has 3 rings (SSSR count). The Labute approximate surface area is 133 Å². The zero-order chi connectivity index (χ0) is 15.0. The number of hydrogen-bond acceptors (Lipinski definition) is 4. The molecule has 1 fully saturated rings. The van der Waals surface area contributed by atoms with Crippen LogP contribution >= 0.6 is 15.9 Å². The molecular weight excluding hydrogens is 330 g/mol. The van der Waals surface area contributed by atoms with Crippen LogP contribution in [0.2, 0.25) is 0 Å². The number of rotatable bonds is 2. The summed E-state index contributed by atoms with van der Waals surface area (Å²) in [4.78, 5) is 7.07. The van der Waals surface area contributed by atoms with Gasteiger partial charge < -0.3 is 4.52 Å². The fourth-order valence-electron chi connectivity index (χ4n) is 2.91. The highest BCUT2D eigenvalue weighted by Gasteiger charge is 2.37. The minimum atomic E-state index is 0.118. The van der Waals surface area contributed by atoms with Crippen molar-refractivity contribution in [3.05, 3.63) is 34.6 Å². The lowest BCUT2D eigenvalue weighted by molar-refractivity contribution is 0.101. The molecule has 0 amide bonds. The van der Waals surface area contributed by atoms with Gasteiger partial charge in [-0.1, -0.05) is 21.1 Å². The minimum Gasteiger partial charge on any atom is -0.337 e. The molecule has 0 unspecified atom stereocenters. The smallest absolute Gasteiger partial charge is 0.244 e. The number of nitrogens with zero attached hydrogens (tertiary/aromatic N) is 3. The maximum atomic E-state index is 5.54. The summed E-state index contributed by atoms with van der Waals surface area (Å²) >= 11 is 3.44. The molecule has 1 aromatic heterocycles. The topological polar surface area (TPSA) is 42.2 Å². The molecule has 112 valence electrons. The Hall–Kier alpha value is -1.20. The van der Waals surface area contributed by atoms with Gasteiger partial charge in [-0.3, -0.25) is 4.90 Å². The lowest BCUT2D eigenvalue weighted by Gasteiger charge is -2.35. The average Bonchev–Trinajstić information content (AvgIpc) is 3.07. The molecule has 0 bridgehead atoms. The summed E-state index contributed by atoms with van der Waals surface area (Å²) in [5.74, 6) is 1.40. The molecule has 1 aromatic carbocycles. The maximum Gasteiger partial charge on any atom is 0.244 e. The van der Waals surface area contributed by atoms with Crippen LogP contribution in [0.3, 0.4) is 0 Å². The van der Waals surface area contributed by atoms with Gasteiger partial charge in [-0.25, -0.2) is 0 Å². The second-order valence-electron chi connectivity index (χ2n) is 6.49. The van der Waals surface area contributed by atoms with E-state index in [1.807, 2.05) is 24.3 Å². The molecule has 0 N–H and O–H groups in total. The van der Waals surface area contributed by atoms with Gasteiger partial charge in [0, 0.05) is 15.6 Å². The van der Waals surface area contributed by atoms with Crippen LogP contribution in [-0.2, 0) is 0 Å². The molecule has 1 aliphatic rings. The largest absolute Gasteiger partial charge is 0.337 e. The molecule has 1 aliphatic heterocycles. The zero-order valence-electron chi connectivity index (χ0n) is 12.6.